The topological polar surface area (TPSA) is 105 Å². The molecule has 0 amide bonds. The summed E-state index contributed by atoms with van der Waals surface area (Å²) >= 11 is 0. The number of carbonyl (C=O) groups excluding carboxylic acids is 2. The molecule has 0 saturated heterocycles. The molecule has 0 bridgehead atoms. The van der Waals surface area contributed by atoms with E-state index in [9.17, 15) is 9.59 Å². The fraction of sp³-hybridized carbons (Fsp3) is 0.467. The van der Waals surface area contributed by atoms with Crippen molar-refractivity contribution in [2.45, 2.75) is 38.3 Å². The van der Waals surface area contributed by atoms with Crippen LogP contribution in [0.15, 0.2) is 24.3 Å². The Morgan fingerprint density at radius 1 is 1.19 bits per heavy atom. The highest BCUT2D eigenvalue weighted by molar-refractivity contribution is 6.05. The first-order valence-corrected chi connectivity index (χ1v) is 6.53. The average Bonchev–Trinajstić information content (AvgIpc) is 2.35. The van der Waals surface area contributed by atoms with Crippen molar-refractivity contribution in [1.29, 1.82) is 0 Å². The van der Waals surface area contributed by atoms with E-state index in [2.05, 4.69) is 4.74 Å². The highest BCUT2D eigenvalue weighted by Gasteiger charge is 2.46. The molecule has 0 aliphatic heterocycles. The summed E-state index contributed by atoms with van der Waals surface area (Å²) in [4.78, 5) is 24.3. The minimum absolute atomic E-state index is 0.0559. The van der Waals surface area contributed by atoms with Gasteiger partial charge in [0.15, 0.2) is 0 Å². The summed E-state index contributed by atoms with van der Waals surface area (Å²) in [5.74, 6) is -1.68. The second kappa shape index (κ2) is 6.13. The molecule has 0 heterocycles. The zero-order valence-corrected chi connectivity index (χ0v) is 12.8. The second-order valence-electron chi connectivity index (χ2n) is 5.89. The molecule has 21 heavy (non-hydrogen) atoms. The molecule has 116 valence electrons. The van der Waals surface area contributed by atoms with Crippen molar-refractivity contribution >= 4 is 17.6 Å². The van der Waals surface area contributed by atoms with Crippen molar-refractivity contribution < 1.29 is 19.1 Å². The molecule has 0 spiro atoms. The number of rotatable bonds is 4. The Morgan fingerprint density at radius 3 is 2.29 bits per heavy atom. The summed E-state index contributed by atoms with van der Waals surface area (Å²) in [6.45, 7) is 5.09. The fourth-order valence-corrected chi connectivity index (χ4v) is 1.80. The van der Waals surface area contributed by atoms with Gasteiger partial charge in [0, 0.05) is 12.1 Å². The number of hydrogen-bond donors (Lipinski definition) is 2. The van der Waals surface area contributed by atoms with E-state index in [1.807, 2.05) is 0 Å². The molecule has 0 aromatic heterocycles. The number of hydrogen-bond acceptors (Lipinski definition) is 6. The van der Waals surface area contributed by atoms with E-state index in [0.717, 1.165) is 0 Å². The largest absolute Gasteiger partial charge is 0.467 e. The van der Waals surface area contributed by atoms with Gasteiger partial charge in [-0.2, -0.15) is 0 Å². The Kier molecular flexibility index (Phi) is 4.96. The average molecular weight is 294 g/mol. The van der Waals surface area contributed by atoms with Crippen LogP contribution >= 0.6 is 0 Å². The van der Waals surface area contributed by atoms with Gasteiger partial charge in [0.1, 0.15) is 5.60 Å². The van der Waals surface area contributed by atoms with E-state index in [0.29, 0.717) is 11.3 Å². The number of benzene rings is 1. The zero-order valence-electron chi connectivity index (χ0n) is 12.8. The molecular weight excluding hydrogens is 272 g/mol. The summed E-state index contributed by atoms with van der Waals surface area (Å²) in [5, 5.41) is 0. The van der Waals surface area contributed by atoms with Crippen molar-refractivity contribution in [2.75, 3.05) is 12.8 Å². The minimum atomic E-state index is -1.91. The molecule has 0 aliphatic rings. The summed E-state index contributed by atoms with van der Waals surface area (Å²) in [7, 11) is 1.17. The Hall–Kier alpha value is -2.08. The first kappa shape index (κ1) is 17.0. The third-order valence-corrected chi connectivity index (χ3v) is 2.75. The number of esters is 2. The monoisotopic (exact) mass is 294 g/mol. The standard InChI is InChI=1S/C15H22N2O4/c1-14(2,3)21-13(19)15(17,12(18)20-4)9-10-6-5-7-11(16)8-10/h5-8H,9,16-17H2,1-4H3. The summed E-state index contributed by atoms with van der Waals surface area (Å²) in [6.07, 6.45) is -0.0559. The number of methoxy groups -OCH3 is 1. The van der Waals surface area contributed by atoms with Crippen LogP contribution in [0.1, 0.15) is 26.3 Å². The predicted octanol–water partition coefficient (Wildman–Crippen LogP) is 1.02. The van der Waals surface area contributed by atoms with Gasteiger partial charge in [-0.05, 0) is 38.5 Å². The maximum absolute atomic E-state index is 12.3. The smallest absolute Gasteiger partial charge is 0.338 e. The van der Waals surface area contributed by atoms with Gasteiger partial charge in [0.25, 0.3) is 0 Å². The van der Waals surface area contributed by atoms with Crippen LogP contribution in [0.5, 0.6) is 0 Å². The molecule has 6 heteroatoms. The van der Waals surface area contributed by atoms with Crippen molar-refractivity contribution in [3.05, 3.63) is 29.8 Å². The lowest BCUT2D eigenvalue weighted by atomic mass is 9.91. The van der Waals surface area contributed by atoms with Gasteiger partial charge in [-0.1, -0.05) is 12.1 Å². The number of anilines is 1. The van der Waals surface area contributed by atoms with E-state index >= 15 is 0 Å². The molecule has 1 atom stereocenters. The van der Waals surface area contributed by atoms with E-state index in [-0.39, 0.29) is 6.42 Å². The van der Waals surface area contributed by atoms with Crippen LogP contribution in [-0.2, 0) is 25.5 Å². The van der Waals surface area contributed by atoms with E-state index < -0.39 is 23.1 Å². The van der Waals surface area contributed by atoms with Crippen LogP contribution in [0.3, 0.4) is 0 Å². The van der Waals surface area contributed by atoms with Crippen LogP contribution in [0.4, 0.5) is 5.69 Å². The van der Waals surface area contributed by atoms with Gasteiger partial charge < -0.3 is 20.9 Å². The van der Waals surface area contributed by atoms with Crippen molar-refractivity contribution in [2.24, 2.45) is 5.73 Å². The van der Waals surface area contributed by atoms with Crippen molar-refractivity contribution in [3.8, 4) is 0 Å². The van der Waals surface area contributed by atoms with Gasteiger partial charge >= 0.3 is 11.9 Å². The SMILES string of the molecule is COC(=O)C(N)(Cc1cccc(N)c1)C(=O)OC(C)(C)C. The van der Waals surface area contributed by atoms with Gasteiger partial charge in [0.2, 0.25) is 5.54 Å². The normalized spacial score (nSPS) is 14.1. The maximum atomic E-state index is 12.3. The predicted molar refractivity (Wildman–Crippen MR) is 79.3 cm³/mol. The summed E-state index contributed by atoms with van der Waals surface area (Å²) < 4.78 is 9.89. The Labute approximate surface area is 124 Å². The molecule has 0 saturated carbocycles. The van der Waals surface area contributed by atoms with E-state index in [1.54, 1.807) is 45.0 Å². The molecule has 4 N–H and O–H groups in total. The van der Waals surface area contributed by atoms with Gasteiger partial charge in [-0.15, -0.1) is 0 Å². The van der Waals surface area contributed by atoms with Crippen molar-refractivity contribution in [3.63, 3.8) is 0 Å². The van der Waals surface area contributed by atoms with Gasteiger partial charge in [-0.25, -0.2) is 9.59 Å². The molecule has 1 aromatic carbocycles. The first-order valence-electron chi connectivity index (χ1n) is 6.53. The molecule has 0 aliphatic carbocycles. The highest BCUT2D eigenvalue weighted by atomic mass is 16.6. The summed E-state index contributed by atoms with van der Waals surface area (Å²) in [5.41, 5.74) is 10.2. The van der Waals surface area contributed by atoms with Gasteiger partial charge in [-0.3, -0.25) is 0 Å². The van der Waals surface area contributed by atoms with E-state index in [1.165, 1.54) is 7.11 Å². The number of nitrogens with two attached hydrogens (primary N) is 2. The van der Waals surface area contributed by atoms with Crippen LogP contribution in [0.2, 0.25) is 0 Å². The molecule has 1 unspecified atom stereocenters. The first-order chi connectivity index (χ1) is 9.58. The Balaban J connectivity index is 3.09. The van der Waals surface area contributed by atoms with Crippen LogP contribution in [-0.4, -0.2) is 30.2 Å². The lowest BCUT2D eigenvalue weighted by molar-refractivity contribution is -0.170. The van der Waals surface area contributed by atoms with Crippen molar-refractivity contribution in [1.82, 2.24) is 0 Å². The number of ether oxygens (including phenoxy) is 2. The second-order valence-corrected chi connectivity index (χ2v) is 5.89. The lowest BCUT2D eigenvalue weighted by Gasteiger charge is -2.29. The molecule has 0 radical (unpaired) electrons. The number of carbonyl (C=O) groups is 2. The maximum Gasteiger partial charge on any atom is 0.338 e. The molecule has 0 fully saturated rings. The third kappa shape index (κ3) is 4.46. The van der Waals surface area contributed by atoms with Crippen LogP contribution in [0, 0.1) is 0 Å². The molecule has 6 nitrogen and oxygen atoms in total. The molecule has 1 aromatic rings. The fourth-order valence-electron chi connectivity index (χ4n) is 1.80. The Bertz CT molecular complexity index is 537. The molecule has 1 rings (SSSR count). The molecular formula is C15H22N2O4. The van der Waals surface area contributed by atoms with E-state index in [4.69, 9.17) is 16.2 Å². The lowest BCUT2D eigenvalue weighted by Crippen LogP contribution is -2.59. The van der Waals surface area contributed by atoms with Gasteiger partial charge in [0.05, 0.1) is 7.11 Å². The third-order valence-electron chi connectivity index (χ3n) is 2.75. The minimum Gasteiger partial charge on any atom is -0.467 e. The zero-order chi connectivity index (χ0) is 16.3. The Morgan fingerprint density at radius 2 is 1.81 bits per heavy atom. The van der Waals surface area contributed by atoms with Crippen LogP contribution in [0.25, 0.3) is 0 Å². The highest BCUT2D eigenvalue weighted by Crippen LogP contribution is 2.20. The van der Waals surface area contributed by atoms with Crippen LogP contribution < -0.4 is 11.5 Å². The summed E-state index contributed by atoms with van der Waals surface area (Å²) in [6, 6.07) is 6.80. The number of nitrogen functional groups attached to an aromatic ring is 1. The quantitative estimate of drug-likeness (QED) is 0.488.